The van der Waals surface area contributed by atoms with Crippen LogP contribution >= 0.6 is 0 Å². The number of imidazole rings is 1. The highest BCUT2D eigenvalue weighted by Crippen LogP contribution is 2.23. The molecule has 4 rings (SSSR count). The molecule has 2 heterocycles. The van der Waals surface area contributed by atoms with Gasteiger partial charge in [-0.3, -0.25) is 9.78 Å². The molecule has 0 spiro atoms. The van der Waals surface area contributed by atoms with Crippen LogP contribution in [-0.4, -0.2) is 20.4 Å². The Balaban J connectivity index is 1.56. The van der Waals surface area contributed by atoms with Crippen molar-refractivity contribution >= 4 is 16.9 Å². The monoisotopic (exact) mass is 416 g/mol. The zero-order chi connectivity index (χ0) is 21.8. The summed E-state index contributed by atoms with van der Waals surface area (Å²) in [6.45, 7) is 4.97. The summed E-state index contributed by atoms with van der Waals surface area (Å²) in [6, 6.07) is 16.5. The zero-order valence-electron chi connectivity index (χ0n) is 17.7. The molecule has 1 N–H and O–H groups in total. The van der Waals surface area contributed by atoms with Crippen molar-refractivity contribution in [1.29, 1.82) is 0 Å². The Morgan fingerprint density at radius 1 is 1.06 bits per heavy atom. The lowest BCUT2D eigenvalue weighted by atomic mass is 10.1. The van der Waals surface area contributed by atoms with Crippen LogP contribution in [0.3, 0.4) is 0 Å². The lowest BCUT2D eigenvalue weighted by molar-refractivity contribution is -0.121. The first-order chi connectivity index (χ1) is 15.0. The molecule has 2 aromatic carbocycles. The molecule has 0 unspecified atom stereocenters. The standard InChI is InChI=1S/C25H25FN4O/c1-17-13-22-23(14-18(17)2)30(24(29-22)15-19-7-3-4-9-21(19)26)12-10-25(31)28-16-20-8-5-6-11-27-20/h3-9,11,13-14H,10,12,15-16H2,1-2H3,(H,28,31). The zero-order valence-corrected chi connectivity index (χ0v) is 17.7. The van der Waals surface area contributed by atoms with Crippen molar-refractivity contribution in [2.45, 2.75) is 39.8 Å². The quantitative estimate of drug-likeness (QED) is 0.483. The van der Waals surface area contributed by atoms with E-state index < -0.39 is 0 Å². The summed E-state index contributed by atoms with van der Waals surface area (Å²) in [7, 11) is 0. The average Bonchev–Trinajstić information content (AvgIpc) is 3.09. The second-order valence-corrected chi connectivity index (χ2v) is 7.72. The number of hydrogen-bond acceptors (Lipinski definition) is 3. The van der Waals surface area contributed by atoms with Crippen LogP contribution in [0.4, 0.5) is 4.39 Å². The molecule has 0 saturated heterocycles. The Morgan fingerprint density at radius 3 is 2.61 bits per heavy atom. The third-order valence-corrected chi connectivity index (χ3v) is 5.50. The number of pyridine rings is 1. The summed E-state index contributed by atoms with van der Waals surface area (Å²) in [5.41, 5.74) is 5.55. The Bertz CT molecular complexity index is 1220. The van der Waals surface area contributed by atoms with Crippen molar-refractivity contribution in [1.82, 2.24) is 19.9 Å². The molecule has 0 atom stereocenters. The largest absolute Gasteiger partial charge is 0.350 e. The van der Waals surface area contributed by atoms with Gasteiger partial charge in [-0.15, -0.1) is 0 Å². The Morgan fingerprint density at radius 2 is 1.84 bits per heavy atom. The number of carbonyl (C=O) groups excluding carboxylic acids is 1. The van der Waals surface area contributed by atoms with E-state index in [1.54, 1.807) is 18.3 Å². The molecule has 1 amide bonds. The van der Waals surface area contributed by atoms with Gasteiger partial charge < -0.3 is 9.88 Å². The van der Waals surface area contributed by atoms with Gasteiger partial charge in [0.2, 0.25) is 5.91 Å². The first kappa shape index (κ1) is 20.7. The van der Waals surface area contributed by atoms with E-state index in [4.69, 9.17) is 4.98 Å². The van der Waals surface area contributed by atoms with Crippen molar-refractivity contribution in [3.8, 4) is 0 Å². The molecule has 0 radical (unpaired) electrons. The van der Waals surface area contributed by atoms with Crippen molar-refractivity contribution in [3.63, 3.8) is 0 Å². The molecule has 0 saturated carbocycles. The third kappa shape index (κ3) is 4.79. The highest BCUT2D eigenvalue weighted by Gasteiger charge is 2.15. The molecule has 6 heteroatoms. The first-order valence-electron chi connectivity index (χ1n) is 10.4. The summed E-state index contributed by atoms with van der Waals surface area (Å²) in [5, 5.41) is 2.91. The minimum absolute atomic E-state index is 0.0619. The number of fused-ring (bicyclic) bond motifs is 1. The minimum atomic E-state index is -0.249. The molecule has 158 valence electrons. The van der Waals surface area contributed by atoms with E-state index in [0.29, 0.717) is 31.5 Å². The molecule has 0 aliphatic carbocycles. The maximum atomic E-state index is 14.3. The summed E-state index contributed by atoms with van der Waals surface area (Å²) in [6.07, 6.45) is 2.38. The second kappa shape index (κ2) is 9.08. The first-order valence-corrected chi connectivity index (χ1v) is 10.4. The minimum Gasteiger partial charge on any atom is -0.350 e. The molecule has 0 aliphatic rings. The molecular weight excluding hydrogens is 391 g/mol. The third-order valence-electron chi connectivity index (χ3n) is 5.50. The van der Waals surface area contributed by atoms with Crippen LogP contribution in [-0.2, 0) is 24.3 Å². The van der Waals surface area contributed by atoms with Gasteiger partial charge in [0.1, 0.15) is 11.6 Å². The van der Waals surface area contributed by atoms with Crippen molar-refractivity contribution in [2.24, 2.45) is 0 Å². The lowest BCUT2D eigenvalue weighted by Crippen LogP contribution is -2.24. The van der Waals surface area contributed by atoms with E-state index in [9.17, 15) is 9.18 Å². The van der Waals surface area contributed by atoms with Gasteiger partial charge in [0.15, 0.2) is 0 Å². The number of halogens is 1. The lowest BCUT2D eigenvalue weighted by Gasteiger charge is -2.11. The Kier molecular flexibility index (Phi) is 6.07. The molecule has 2 aromatic heterocycles. The SMILES string of the molecule is Cc1cc2nc(Cc3ccccc3F)n(CCC(=O)NCc3ccccn3)c2cc1C. The number of rotatable bonds is 7. The van der Waals surface area contributed by atoms with Gasteiger partial charge in [0.05, 0.1) is 23.3 Å². The number of aromatic nitrogens is 3. The van der Waals surface area contributed by atoms with E-state index in [1.165, 1.54) is 6.07 Å². The van der Waals surface area contributed by atoms with Crippen LogP contribution in [0.15, 0.2) is 60.8 Å². The van der Waals surface area contributed by atoms with E-state index in [0.717, 1.165) is 33.7 Å². The van der Waals surface area contributed by atoms with Gasteiger partial charge in [0.25, 0.3) is 0 Å². The topological polar surface area (TPSA) is 59.8 Å². The fraction of sp³-hybridized carbons (Fsp3) is 0.240. The number of benzene rings is 2. The second-order valence-electron chi connectivity index (χ2n) is 7.72. The molecule has 31 heavy (non-hydrogen) atoms. The van der Waals surface area contributed by atoms with Gasteiger partial charge in [-0.1, -0.05) is 24.3 Å². The van der Waals surface area contributed by atoms with Crippen molar-refractivity contribution in [3.05, 3.63) is 94.8 Å². The Labute approximate surface area is 181 Å². The molecule has 4 aromatic rings. The van der Waals surface area contributed by atoms with Crippen LogP contribution in [0.25, 0.3) is 11.0 Å². The van der Waals surface area contributed by atoms with Gasteiger partial charge >= 0.3 is 0 Å². The average molecular weight is 417 g/mol. The highest BCUT2D eigenvalue weighted by atomic mass is 19.1. The van der Waals surface area contributed by atoms with Crippen LogP contribution in [0.1, 0.15) is 34.6 Å². The van der Waals surface area contributed by atoms with E-state index in [-0.39, 0.29) is 11.7 Å². The molecule has 0 aliphatic heterocycles. The van der Waals surface area contributed by atoms with E-state index in [1.807, 2.05) is 34.9 Å². The van der Waals surface area contributed by atoms with Crippen LogP contribution in [0, 0.1) is 19.7 Å². The van der Waals surface area contributed by atoms with Crippen molar-refractivity contribution in [2.75, 3.05) is 0 Å². The van der Waals surface area contributed by atoms with Crippen molar-refractivity contribution < 1.29 is 9.18 Å². The van der Waals surface area contributed by atoms with E-state index >= 15 is 0 Å². The molecule has 0 bridgehead atoms. The highest BCUT2D eigenvalue weighted by molar-refractivity contribution is 5.79. The molecular formula is C25H25FN4O. The predicted molar refractivity (Wildman–Crippen MR) is 119 cm³/mol. The fourth-order valence-electron chi connectivity index (χ4n) is 3.62. The van der Waals surface area contributed by atoms with Crippen LogP contribution < -0.4 is 5.32 Å². The molecule has 5 nitrogen and oxygen atoms in total. The van der Waals surface area contributed by atoms with E-state index in [2.05, 4.69) is 30.2 Å². The van der Waals surface area contributed by atoms with Gasteiger partial charge in [-0.25, -0.2) is 9.37 Å². The van der Waals surface area contributed by atoms with Gasteiger partial charge in [-0.2, -0.15) is 0 Å². The maximum Gasteiger partial charge on any atom is 0.222 e. The van der Waals surface area contributed by atoms with Crippen LogP contribution in [0.2, 0.25) is 0 Å². The molecule has 0 fully saturated rings. The van der Waals surface area contributed by atoms with Gasteiger partial charge in [-0.05, 0) is 60.9 Å². The number of nitrogens with one attached hydrogen (secondary N) is 1. The van der Waals surface area contributed by atoms with Gasteiger partial charge in [0, 0.05) is 25.6 Å². The Hall–Kier alpha value is -3.54. The maximum absolute atomic E-state index is 14.3. The summed E-state index contributed by atoms with van der Waals surface area (Å²) in [5.74, 6) is 0.442. The fourth-order valence-corrected chi connectivity index (χ4v) is 3.62. The predicted octanol–water partition coefficient (Wildman–Crippen LogP) is 4.48. The van der Waals surface area contributed by atoms with Crippen LogP contribution in [0.5, 0.6) is 0 Å². The summed E-state index contributed by atoms with van der Waals surface area (Å²) < 4.78 is 16.3. The number of carbonyl (C=O) groups is 1. The normalized spacial score (nSPS) is 11.1. The summed E-state index contributed by atoms with van der Waals surface area (Å²) in [4.78, 5) is 21.5. The number of amides is 1. The summed E-state index contributed by atoms with van der Waals surface area (Å²) >= 11 is 0. The number of nitrogens with zero attached hydrogens (tertiary/aromatic N) is 3. The number of aryl methyl sites for hydroxylation is 3. The number of hydrogen-bond donors (Lipinski definition) is 1. The smallest absolute Gasteiger partial charge is 0.222 e.